The Hall–Kier alpha value is -0.640. The molecule has 5 aliphatic heterocycles. The third kappa shape index (κ3) is 7.38. The van der Waals surface area contributed by atoms with Crippen molar-refractivity contribution in [2.45, 2.75) is 190 Å². The number of hydrogen-bond acceptors (Lipinski definition) is 16. The summed E-state index contributed by atoms with van der Waals surface area (Å²) in [5.41, 5.74) is 0.392. The fourth-order valence-corrected chi connectivity index (χ4v) is 14.0. The van der Waals surface area contributed by atoms with Gasteiger partial charge < -0.3 is 78.7 Å². The number of rotatable bonds is 7. The molecule has 0 bridgehead atoms. The second kappa shape index (κ2) is 16.4. The fourth-order valence-electron chi connectivity index (χ4n) is 14.0. The van der Waals surface area contributed by atoms with Crippen LogP contribution in [0.5, 0.6) is 0 Å². The van der Waals surface area contributed by atoms with Gasteiger partial charge in [-0.05, 0) is 104 Å². The summed E-state index contributed by atoms with van der Waals surface area (Å²) in [6.45, 7) is 9.48. The molecule has 4 aliphatic carbocycles. The summed E-state index contributed by atoms with van der Waals surface area (Å²) in [6, 6.07) is 0. The molecule has 0 aromatic rings. The molecule has 4 saturated carbocycles. The van der Waals surface area contributed by atoms with Crippen molar-refractivity contribution < 1.29 is 78.7 Å². The van der Waals surface area contributed by atoms with Crippen LogP contribution in [0.4, 0.5) is 0 Å². The first-order chi connectivity index (χ1) is 28.0. The highest BCUT2D eigenvalue weighted by atomic mass is 16.8. The van der Waals surface area contributed by atoms with E-state index in [0.717, 1.165) is 51.6 Å². The smallest absolute Gasteiger partial charge is 0.186 e. The molecular formula is C43H70O16. The number of aliphatic hydroxyl groups excluding tert-OH is 8. The maximum atomic E-state index is 11.5. The van der Waals surface area contributed by atoms with Gasteiger partial charge in [-0.15, -0.1) is 0 Å². The third-order valence-electron chi connectivity index (χ3n) is 17.5. The summed E-state index contributed by atoms with van der Waals surface area (Å²) < 4.78 is 48.9. The van der Waals surface area contributed by atoms with E-state index in [0.29, 0.717) is 41.4 Å². The summed E-state index contributed by atoms with van der Waals surface area (Å²) in [5.74, 6) is 3.40. The largest absolute Gasteiger partial charge is 0.388 e. The third-order valence-corrected chi connectivity index (χ3v) is 17.5. The van der Waals surface area contributed by atoms with Crippen LogP contribution in [-0.4, -0.2) is 165 Å². The molecular weight excluding hydrogens is 772 g/mol. The molecule has 0 amide bonds. The molecule has 8 N–H and O–H groups in total. The molecule has 16 heteroatoms. The van der Waals surface area contributed by atoms with E-state index in [1.165, 1.54) is 19.3 Å². The Morgan fingerprint density at radius 1 is 0.627 bits per heavy atom. The van der Waals surface area contributed by atoms with E-state index < -0.39 is 85.7 Å². The minimum Gasteiger partial charge on any atom is -0.388 e. The molecule has 9 rings (SSSR count). The summed E-state index contributed by atoms with van der Waals surface area (Å²) in [4.78, 5) is 0. The summed E-state index contributed by atoms with van der Waals surface area (Å²) in [6.07, 6.45) is -8.46. The second-order valence-electron chi connectivity index (χ2n) is 20.7. The van der Waals surface area contributed by atoms with E-state index in [-0.39, 0.29) is 42.9 Å². The maximum Gasteiger partial charge on any atom is 0.186 e. The standard InChI is InChI=1S/C43H70O16/c1-19-7-12-43(55-15-19)20(2)30-28(59-43)14-25-23-6-5-21-13-22(8-10-41(21,3)24(23)9-11-42(25,30)4)56-40-36(51)33(48)37(58-39-35(50)32(47)27(45)17-53-39)29(57-40)18-54-38-34(49)31(46)26(44)16-52-38/h19-40,44-51H,5-18H2,1-4H3. The van der Waals surface area contributed by atoms with Crippen molar-refractivity contribution in [1.82, 2.24) is 0 Å². The average molecular weight is 843 g/mol. The van der Waals surface area contributed by atoms with Crippen molar-refractivity contribution >= 4 is 0 Å². The number of hydrogen-bond donors (Lipinski definition) is 8. The van der Waals surface area contributed by atoms with Gasteiger partial charge in [-0.1, -0.05) is 27.7 Å². The monoisotopic (exact) mass is 842 g/mol. The van der Waals surface area contributed by atoms with Crippen LogP contribution in [0.2, 0.25) is 0 Å². The van der Waals surface area contributed by atoms with E-state index >= 15 is 0 Å². The van der Waals surface area contributed by atoms with Crippen LogP contribution < -0.4 is 0 Å². The lowest BCUT2D eigenvalue weighted by Crippen LogP contribution is -2.64. The van der Waals surface area contributed by atoms with Gasteiger partial charge in [-0.3, -0.25) is 0 Å². The van der Waals surface area contributed by atoms with Crippen molar-refractivity contribution in [1.29, 1.82) is 0 Å². The van der Waals surface area contributed by atoms with Gasteiger partial charge in [0.15, 0.2) is 24.7 Å². The van der Waals surface area contributed by atoms with Gasteiger partial charge in [0.05, 0.1) is 38.6 Å². The number of aliphatic hydroxyl groups is 8. The van der Waals surface area contributed by atoms with Crippen LogP contribution in [-0.2, 0) is 37.9 Å². The summed E-state index contributed by atoms with van der Waals surface area (Å²) in [7, 11) is 0. The minimum absolute atomic E-state index is 0.150. The Balaban J connectivity index is 0.855. The Morgan fingerprint density at radius 3 is 2.02 bits per heavy atom. The van der Waals surface area contributed by atoms with Crippen molar-refractivity contribution in [3.05, 3.63) is 0 Å². The average Bonchev–Trinajstić information content (AvgIpc) is 3.66. The van der Waals surface area contributed by atoms with Crippen molar-refractivity contribution in [2.75, 3.05) is 26.4 Å². The molecule has 9 fully saturated rings. The van der Waals surface area contributed by atoms with E-state index in [9.17, 15) is 40.9 Å². The molecule has 338 valence electrons. The van der Waals surface area contributed by atoms with Gasteiger partial charge in [0, 0.05) is 12.3 Å². The quantitative estimate of drug-likeness (QED) is 0.164. The summed E-state index contributed by atoms with van der Waals surface area (Å²) >= 11 is 0. The molecule has 0 aromatic heterocycles. The molecule has 1 spiro atoms. The molecule has 16 nitrogen and oxygen atoms in total. The van der Waals surface area contributed by atoms with Gasteiger partial charge in [0.2, 0.25) is 0 Å². The predicted molar refractivity (Wildman–Crippen MR) is 204 cm³/mol. The SMILES string of the molecule is CC1CCC2(OC1)OC1CC3C4CCC5CC(OC6OC(COC7OCC(O)C(O)C7O)C(OC7OCC(O)C(O)C7O)C(O)C6O)CCC5(C)C4CCC3(C)C1C2C. The molecule has 25 unspecified atom stereocenters. The van der Waals surface area contributed by atoms with Gasteiger partial charge in [0.25, 0.3) is 0 Å². The first-order valence-corrected chi connectivity index (χ1v) is 22.6. The topological polar surface area (TPSA) is 236 Å². The van der Waals surface area contributed by atoms with Crippen LogP contribution in [0.3, 0.4) is 0 Å². The van der Waals surface area contributed by atoms with Crippen LogP contribution in [0, 0.1) is 52.3 Å². The lowest BCUT2D eigenvalue weighted by molar-refractivity contribution is -0.362. The van der Waals surface area contributed by atoms with Crippen LogP contribution in [0.1, 0.15) is 91.9 Å². The highest BCUT2D eigenvalue weighted by Gasteiger charge is 2.69. The van der Waals surface area contributed by atoms with Crippen molar-refractivity contribution in [3.63, 3.8) is 0 Å². The zero-order valence-electron chi connectivity index (χ0n) is 34.9. The van der Waals surface area contributed by atoms with E-state index in [1.807, 2.05) is 0 Å². The normalized spacial score (nSPS) is 58.8. The zero-order chi connectivity index (χ0) is 41.8. The van der Waals surface area contributed by atoms with Gasteiger partial charge in [-0.25, -0.2) is 0 Å². The molecule has 0 radical (unpaired) electrons. The maximum absolute atomic E-state index is 11.5. The molecule has 5 saturated heterocycles. The van der Waals surface area contributed by atoms with Crippen molar-refractivity contribution in [2.24, 2.45) is 52.3 Å². The predicted octanol–water partition coefficient (Wildman–Crippen LogP) is 0.545. The molecule has 9 aliphatic rings. The zero-order valence-corrected chi connectivity index (χ0v) is 34.9. The lowest BCUT2D eigenvalue weighted by atomic mass is 9.44. The van der Waals surface area contributed by atoms with Crippen molar-refractivity contribution in [3.8, 4) is 0 Å². The van der Waals surface area contributed by atoms with Gasteiger partial charge in [-0.2, -0.15) is 0 Å². The Kier molecular flexibility index (Phi) is 12.1. The summed E-state index contributed by atoms with van der Waals surface area (Å²) in [5, 5.41) is 84.4. The van der Waals surface area contributed by atoms with Crippen LogP contribution in [0.15, 0.2) is 0 Å². The minimum atomic E-state index is -1.68. The fraction of sp³-hybridized carbons (Fsp3) is 1.00. The Bertz CT molecular complexity index is 1470. The van der Waals surface area contributed by atoms with E-state index in [1.54, 1.807) is 0 Å². The van der Waals surface area contributed by atoms with Gasteiger partial charge in [0.1, 0.15) is 61.0 Å². The molecule has 5 heterocycles. The first-order valence-electron chi connectivity index (χ1n) is 22.6. The lowest BCUT2D eigenvalue weighted by Gasteiger charge is -2.61. The van der Waals surface area contributed by atoms with Crippen LogP contribution >= 0.6 is 0 Å². The number of ether oxygens (including phenoxy) is 8. The Morgan fingerprint density at radius 2 is 1.31 bits per heavy atom. The van der Waals surface area contributed by atoms with Gasteiger partial charge >= 0.3 is 0 Å². The van der Waals surface area contributed by atoms with E-state index in [2.05, 4.69) is 27.7 Å². The molecule has 25 atom stereocenters. The molecule has 59 heavy (non-hydrogen) atoms. The highest BCUT2D eigenvalue weighted by molar-refractivity contribution is 5.15. The molecule has 0 aromatic carbocycles. The highest BCUT2D eigenvalue weighted by Crippen LogP contribution is 2.71. The second-order valence-corrected chi connectivity index (χ2v) is 20.7. The van der Waals surface area contributed by atoms with E-state index in [4.69, 9.17) is 37.9 Å². The first kappa shape index (κ1) is 43.6. The Labute approximate surface area is 346 Å². The van der Waals surface area contributed by atoms with Crippen LogP contribution in [0.25, 0.3) is 0 Å². The number of fused-ring (bicyclic) bond motifs is 7.